The van der Waals surface area contributed by atoms with Crippen LogP contribution in [0.1, 0.15) is 89.5 Å². The number of para-hydroxylation sites is 1. The molecular formula is C37H48NO6P+2. The van der Waals surface area contributed by atoms with Crippen LogP contribution in [0.2, 0.25) is 0 Å². The molecule has 240 valence electrons. The maximum atomic E-state index is 12.9. The van der Waals surface area contributed by atoms with Gasteiger partial charge in [-0.3, -0.25) is 0 Å². The molecule has 0 aliphatic heterocycles. The zero-order valence-electron chi connectivity index (χ0n) is 26.8. The molecule has 0 aliphatic carbocycles. The first-order valence-electron chi connectivity index (χ1n) is 16.4. The van der Waals surface area contributed by atoms with Crippen molar-refractivity contribution in [1.29, 1.82) is 0 Å². The minimum atomic E-state index is -2.58. The van der Waals surface area contributed by atoms with Crippen molar-refractivity contribution in [2.24, 2.45) is 0 Å². The van der Waals surface area contributed by atoms with Gasteiger partial charge in [-0.1, -0.05) is 102 Å². The first-order valence-corrected chi connectivity index (χ1v) is 17.5. The molecule has 0 bridgehead atoms. The van der Waals surface area contributed by atoms with Crippen LogP contribution in [0.4, 0.5) is 0 Å². The number of benzene rings is 3. The van der Waals surface area contributed by atoms with Crippen molar-refractivity contribution in [3.63, 3.8) is 0 Å². The lowest BCUT2D eigenvalue weighted by molar-refractivity contribution is -0.662. The molecule has 0 amide bonds. The summed E-state index contributed by atoms with van der Waals surface area (Å²) in [5, 5.41) is 11.6. The second kappa shape index (κ2) is 18.9. The van der Waals surface area contributed by atoms with Gasteiger partial charge in [0, 0.05) is 27.6 Å². The van der Waals surface area contributed by atoms with Crippen LogP contribution in [-0.4, -0.2) is 18.8 Å². The predicted molar refractivity (Wildman–Crippen MR) is 180 cm³/mol. The van der Waals surface area contributed by atoms with E-state index in [1.54, 1.807) is 6.07 Å². The third-order valence-electron chi connectivity index (χ3n) is 7.90. The van der Waals surface area contributed by atoms with E-state index in [1.165, 1.54) is 83.5 Å². The third kappa shape index (κ3) is 10.9. The van der Waals surface area contributed by atoms with Crippen LogP contribution >= 0.6 is 8.25 Å². The van der Waals surface area contributed by atoms with E-state index in [0.29, 0.717) is 18.9 Å². The first-order chi connectivity index (χ1) is 22.1. The number of phenolic OH excluding ortho intramolecular Hbond substituents is 1. The van der Waals surface area contributed by atoms with Gasteiger partial charge in [0.1, 0.15) is 0 Å². The number of rotatable bonds is 21. The van der Waals surface area contributed by atoms with Crippen molar-refractivity contribution >= 4 is 19.2 Å². The number of unbranched alkanes of at least 4 members (excludes halogenated alkanes) is 11. The van der Waals surface area contributed by atoms with Gasteiger partial charge in [-0.2, -0.15) is 4.57 Å². The summed E-state index contributed by atoms with van der Waals surface area (Å²) in [7, 11) is -1.12. The van der Waals surface area contributed by atoms with Gasteiger partial charge in [-0.05, 0) is 42.8 Å². The molecule has 4 rings (SSSR count). The highest BCUT2D eigenvalue weighted by atomic mass is 31.1. The number of ether oxygens (including phenoxy) is 2. The van der Waals surface area contributed by atoms with Crippen LogP contribution in [0, 0.1) is 0 Å². The Bertz CT molecular complexity index is 1490. The number of aromatic nitrogens is 1. The Morgan fingerprint density at radius 3 is 2.16 bits per heavy atom. The SMILES string of the molecule is CCCCCCCCCCCCCCOc1c(O)ccc(O[P+](=O)Oc2cccc(C[n+]3cccc4ccccc43)c2)c1OC. The third-order valence-corrected chi connectivity index (χ3v) is 8.60. The standard InChI is InChI=1S/C37H47NO6P/c1-3-4-5-6-7-8-9-10-11-12-13-16-27-42-36-34(39)24-25-35(37(36)41-2)44-45(40)43-32-22-17-19-30(28-32)29-38-26-18-21-31-20-14-15-23-33(31)38/h14-15,17-26,28H,3-13,16,27,29H2,1-2H3/q+1/p+1. The smallest absolute Gasteiger partial charge is 0.504 e. The quantitative estimate of drug-likeness (QED) is 0.0559. The lowest BCUT2D eigenvalue weighted by Crippen LogP contribution is -2.34. The highest BCUT2D eigenvalue weighted by molar-refractivity contribution is 7.34. The van der Waals surface area contributed by atoms with Crippen molar-refractivity contribution in [1.82, 2.24) is 0 Å². The Labute approximate surface area is 269 Å². The summed E-state index contributed by atoms with van der Waals surface area (Å²) in [4.78, 5) is 0. The van der Waals surface area contributed by atoms with Gasteiger partial charge in [-0.25, -0.2) is 9.05 Å². The summed E-state index contributed by atoms with van der Waals surface area (Å²) in [6.07, 6.45) is 17.1. The summed E-state index contributed by atoms with van der Waals surface area (Å²) >= 11 is 0. The molecule has 3 aromatic carbocycles. The topological polar surface area (TPSA) is 78.1 Å². The van der Waals surface area contributed by atoms with E-state index in [1.807, 2.05) is 42.6 Å². The van der Waals surface area contributed by atoms with E-state index < -0.39 is 8.25 Å². The number of aromatic hydroxyl groups is 1. The molecule has 1 unspecified atom stereocenters. The van der Waals surface area contributed by atoms with Crippen molar-refractivity contribution in [2.45, 2.75) is 90.5 Å². The fourth-order valence-corrected chi connectivity index (χ4v) is 6.12. The average molecular weight is 634 g/mol. The average Bonchev–Trinajstić information content (AvgIpc) is 3.05. The van der Waals surface area contributed by atoms with Crippen LogP contribution in [0.25, 0.3) is 10.9 Å². The van der Waals surface area contributed by atoms with Crippen LogP contribution in [0.15, 0.2) is 79.0 Å². The molecule has 8 heteroatoms. The molecule has 4 aromatic rings. The van der Waals surface area contributed by atoms with Crippen LogP contribution < -0.4 is 23.1 Å². The van der Waals surface area contributed by atoms with E-state index in [9.17, 15) is 9.67 Å². The summed E-state index contributed by atoms with van der Waals surface area (Å²) in [6, 6.07) is 22.7. The number of hydrogen-bond acceptors (Lipinski definition) is 6. The molecule has 0 fully saturated rings. The predicted octanol–water partition coefficient (Wildman–Crippen LogP) is 10.1. The monoisotopic (exact) mass is 633 g/mol. The van der Waals surface area contributed by atoms with E-state index >= 15 is 0 Å². The molecule has 7 nitrogen and oxygen atoms in total. The molecule has 1 heterocycles. The number of methoxy groups -OCH3 is 1. The molecule has 45 heavy (non-hydrogen) atoms. The Hall–Kier alpha value is -3.83. The molecule has 0 spiro atoms. The fourth-order valence-electron chi connectivity index (χ4n) is 5.50. The molecule has 0 radical (unpaired) electrons. The number of nitrogens with zero attached hydrogens (tertiary/aromatic N) is 1. The number of phenols is 1. The van der Waals surface area contributed by atoms with E-state index in [4.69, 9.17) is 18.5 Å². The zero-order chi connectivity index (χ0) is 31.7. The second-order valence-corrected chi connectivity index (χ2v) is 12.2. The van der Waals surface area contributed by atoms with Gasteiger partial charge in [0.15, 0.2) is 24.2 Å². The molecule has 0 saturated carbocycles. The van der Waals surface area contributed by atoms with Crippen molar-refractivity contribution in [3.8, 4) is 28.7 Å². The van der Waals surface area contributed by atoms with Crippen molar-refractivity contribution in [3.05, 3.63) is 84.6 Å². The summed E-state index contributed by atoms with van der Waals surface area (Å²) in [5.41, 5.74) is 2.12. The molecule has 0 saturated heterocycles. The molecule has 0 aliphatic rings. The molecular weight excluding hydrogens is 585 g/mol. The summed E-state index contributed by atoms with van der Waals surface area (Å²) in [5.74, 6) is 0.893. The molecule has 1 N–H and O–H groups in total. The number of pyridine rings is 1. The number of hydrogen-bond donors (Lipinski definition) is 1. The number of fused-ring (bicyclic) bond motifs is 1. The zero-order valence-corrected chi connectivity index (χ0v) is 27.7. The maximum Gasteiger partial charge on any atom is 0.805 e. The minimum absolute atomic E-state index is 0.0621. The van der Waals surface area contributed by atoms with Gasteiger partial charge in [0.05, 0.1) is 13.7 Å². The Kier molecular flexibility index (Phi) is 14.3. The lowest BCUT2D eigenvalue weighted by Gasteiger charge is -2.13. The van der Waals surface area contributed by atoms with Crippen molar-refractivity contribution < 1.29 is 32.8 Å². The van der Waals surface area contributed by atoms with Crippen molar-refractivity contribution in [2.75, 3.05) is 13.7 Å². The van der Waals surface area contributed by atoms with Gasteiger partial charge < -0.3 is 14.6 Å². The Morgan fingerprint density at radius 1 is 0.733 bits per heavy atom. The maximum absolute atomic E-state index is 12.9. The molecule has 1 aromatic heterocycles. The van der Waals surface area contributed by atoms with Crippen LogP contribution in [0.5, 0.6) is 28.7 Å². The fraction of sp³-hybridized carbons (Fsp3) is 0.432. The van der Waals surface area contributed by atoms with E-state index in [0.717, 1.165) is 29.3 Å². The first kappa shape index (κ1) is 34.1. The minimum Gasteiger partial charge on any atom is -0.504 e. The van der Waals surface area contributed by atoms with Gasteiger partial charge in [0.2, 0.25) is 22.8 Å². The second-order valence-electron chi connectivity index (χ2n) is 11.4. The van der Waals surface area contributed by atoms with Gasteiger partial charge in [0.25, 0.3) is 0 Å². The Morgan fingerprint density at radius 2 is 1.42 bits per heavy atom. The molecule has 1 atom stereocenters. The Balaban J connectivity index is 1.24. The van der Waals surface area contributed by atoms with Crippen LogP contribution in [0.3, 0.4) is 0 Å². The van der Waals surface area contributed by atoms with E-state index in [-0.39, 0.29) is 23.0 Å². The largest absolute Gasteiger partial charge is 0.805 e. The van der Waals surface area contributed by atoms with Crippen LogP contribution in [-0.2, 0) is 11.1 Å². The highest BCUT2D eigenvalue weighted by Crippen LogP contribution is 2.46. The lowest BCUT2D eigenvalue weighted by atomic mass is 10.1. The van der Waals surface area contributed by atoms with Gasteiger partial charge >= 0.3 is 8.25 Å². The summed E-state index contributed by atoms with van der Waals surface area (Å²) in [6.45, 7) is 3.32. The highest BCUT2D eigenvalue weighted by Gasteiger charge is 2.29. The normalized spacial score (nSPS) is 11.4. The summed E-state index contributed by atoms with van der Waals surface area (Å²) < 4.78 is 37.8. The van der Waals surface area contributed by atoms with Gasteiger partial charge in [-0.15, -0.1) is 0 Å². The van der Waals surface area contributed by atoms with E-state index in [2.05, 4.69) is 29.7 Å².